The number of hydrogen-bond acceptors (Lipinski definition) is 6. The molecule has 0 saturated carbocycles. The third kappa shape index (κ3) is 2.86. The highest BCUT2D eigenvalue weighted by molar-refractivity contribution is 5.93. The first-order chi connectivity index (χ1) is 8.51. The third-order valence-electron chi connectivity index (χ3n) is 2.04. The van der Waals surface area contributed by atoms with E-state index in [-0.39, 0.29) is 18.3 Å². The Kier molecular flexibility index (Phi) is 4.44. The molecule has 0 bridgehead atoms. The number of rotatable bonds is 6. The zero-order valence-corrected chi connectivity index (χ0v) is 9.71. The van der Waals surface area contributed by atoms with Gasteiger partial charge in [-0.15, -0.1) is 0 Å². The van der Waals surface area contributed by atoms with E-state index < -0.39 is 22.1 Å². The van der Waals surface area contributed by atoms with Crippen molar-refractivity contribution in [2.24, 2.45) is 0 Å². The van der Waals surface area contributed by atoms with E-state index in [4.69, 9.17) is 14.6 Å². The monoisotopic (exact) mass is 257 g/mol. The van der Waals surface area contributed by atoms with Gasteiger partial charge in [0.05, 0.1) is 18.1 Å². The van der Waals surface area contributed by atoms with Crippen LogP contribution in [0, 0.1) is 10.1 Å². The summed E-state index contributed by atoms with van der Waals surface area (Å²) in [4.78, 5) is 20.9. The fraction of sp³-hybridized carbons (Fsp3) is 0.300. The number of carboxylic acid groups (broad SMARTS) is 1. The van der Waals surface area contributed by atoms with Crippen molar-refractivity contribution in [1.29, 1.82) is 0 Å². The van der Waals surface area contributed by atoms with Gasteiger partial charge in [-0.3, -0.25) is 10.1 Å². The number of nitro groups is 1. The molecule has 0 radical (unpaired) electrons. The van der Waals surface area contributed by atoms with Gasteiger partial charge in [-0.05, 0) is 0 Å². The molecule has 1 rings (SSSR count). The average molecular weight is 257 g/mol. The standard InChI is InChI=1S/C10H11NO7/c1-16-5-18-9-4-7(11(14)15)6(10(12)13)3-8(9)17-2/h3-4H,5H2,1-2H3,(H,12,13). The van der Waals surface area contributed by atoms with Gasteiger partial charge in [0.25, 0.3) is 5.69 Å². The van der Waals surface area contributed by atoms with Gasteiger partial charge in [-0.2, -0.15) is 0 Å². The summed E-state index contributed by atoms with van der Waals surface area (Å²) in [6.07, 6.45) is 0. The van der Waals surface area contributed by atoms with E-state index in [1.165, 1.54) is 14.2 Å². The van der Waals surface area contributed by atoms with Gasteiger partial charge in [0, 0.05) is 13.2 Å². The van der Waals surface area contributed by atoms with Crippen molar-refractivity contribution in [2.75, 3.05) is 21.0 Å². The van der Waals surface area contributed by atoms with E-state index in [1.807, 2.05) is 0 Å². The van der Waals surface area contributed by atoms with Crippen LogP contribution < -0.4 is 9.47 Å². The maximum Gasteiger partial charge on any atom is 0.342 e. The number of ether oxygens (including phenoxy) is 3. The van der Waals surface area contributed by atoms with Crippen molar-refractivity contribution in [3.8, 4) is 11.5 Å². The van der Waals surface area contributed by atoms with Crippen LogP contribution in [-0.4, -0.2) is 37.0 Å². The van der Waals surface area contributed by atoms with Crippen molar-refractivity contribution < 1.29 is 29.0 Å². The van der Waals surface area contributed by atoms with Crippen molar-refractivity contribution in [3.05, 3.63) is 27.8 Å². The lowest BCUT2D eigenvalue weighted by molar-refractivity contribution is -0.385. The zero-order chi connectivity index (χ0) is 13.7. The summed E-state index contributed by atoms with van der Waals surface area (Å²) < 4.78 is 14.6. The Morgan fingerprint density at radius 2 is 2.06 bits per heavy atom. The molecule has 0 aliphatic heterocycles. The van der Waals surface area contributed by atoms with Gasteiger partial charge >= 0.3 is 5.97 Å². The zero-order valence-electron chi connectivity index (χ0n) is 9.71. The number of carboxylic acids is 1. The van der Waals surface area contributed by atoms with Gasteiger partial charge in [-0.25, -0.2) is 4.79 Å². The van der Waals surface area contributed by atoms with Crippen LogP contribution >= 0.6 is 0 Å². The molecule has 1 N–H and O–H groups in total. The minimum atomic E-state index is -1.42. The van der Waals surface area contributed by atoms with Gasteiger partial charge in [-0.1, -0.05) is 0 Å². The Balaban J connectivity index is 3.31. The minimum absolute atomic E-state index is 0.0380. The third-order valence-corrected chi connectivity index (χ3v) is 2.04. The quantitative estimate of drug-likeness (QED) is 0.464. The highest BCUT2D eigenvalue weighted by Crippen LogP contribution is 2.34. The Bertz CT molecular complexity index is 472. The molecule has 0 saturated heterocycles. The van der Waals surface area contributed by atoms with Crippen molar-refractivity contribution in [1.82, 2.24) is 0 Å². The van der Waals surface area contributed by atoms with E-state index in [0.717, 1.165) is 12.1 Å². The highest BCUT2D eigenvalue weighted by Gasteiger charge is 2.24. The first kappa shape index (κ1) is 13.7. The number of aromatic carboxylic acids is 1. The molecule has 0 aliphatic carbocycles. The number of methoxy groups -OCH3 is 2. The maximum atomic E-state index is 10.9. The molecule has 8 nitrogen and oxygen atoms in total. The van der Waals surface area contributed by atoms with Crippen LogP contribution in [0.25, 0.3) is 0 Å². The molecule has 0 aliphatic rings. The number of benzene rings is 1. The number of nitro benzene ring substituents is 1. The summed E-state index contributed by atoms with van der Waals surface area (Å²) in [5.74, 6) is -1.30. The maximum absolute atomic E-state index is 10.9. The van der Waals surface area contributed by atoms with Crippen molar-refractivity contribution in [2.45, 2.75) is 0 Å². The lowest BCUT2D eigenvalue weighted by Gasteiger charge is -2.10. The predicted molar refractivity (Wildman–Crippen MR) is 59.1 cm³/mol. The lowest BCUT2D eigenvalue weighted by Crippen LogP contribution is -2.06. The van der Waals surface area contributed by atoms with Gasteiger partial charge < -0.3 is 19.3 Å². The molecule has 0 aromatic heterocycles. The molecule has 18 heavy (non-hydrogen) atoms. The van der Waals surface area contributed by atoms with Crippen molar-refractivity contribution in [3.63, 3.8) is 0 Å². The normalized spacial score (nSPS) is 9.89. The smallest absolute Gasteiger partial charge is 0.342 e. The molecular weight excluding hydrogens is 246 g/mol. The van der Waals surface area contributed by atoms with E-state index in [0.29, 0.717) is 0 Å². The Labute approximate surface area is 102 Å². The first-order valence-electron chi connectivity index (χ1n) is 4.72. The summed E-state index contributed by atoms with van der Waals surface area (Å²) in [6, 6.07) is 2.02. The second kappa shape index (κ2) is 5.82. The number of nitrogens with zero attached hydrogens (tertiary/aromatic N) is 1. The van der Waals surface area contributed by atoms with Gasteiger partial charge in [0.2, 0.25) is 0 Å². The molecule has 0 unspecified atom stereocenters. The molecule has 0 spiro atoms. The second-order valence-corrected chi connectivity index (χ2v) is 3.13. The lowest BCUT2D eigenvalue weighted by atomic mass is 10.1. The van der Waals surface area contributed by atoms with Crippen molar-refractivity contribution >= 4 is 11.7 Å². The highest BCUT2D eigenvalue weighted by atomic mass is 16.7. The first-order valence-corrected chi connectivity index (χ1v) is 4.72. The summed E-state index contributed by atoms with van der Waals surface area (Å²) in [6.45, 7) is -0.139. The topological polar surface area (TPSA) is 108 Å². The average Bonchev–Trinajstić information content (AvgIpc) is 2.34. The minimum Gasteiger partial charge on any atom is -0.493 e. The van der Waals surface area contributed by atoms with Crippen LogP contribution in [0.3, 0.4) is 0 Å². The van der Waals surface area contributed by atoms with Crippen LogP contribution in [0.1, 0.15) is 10.4 Å². The van der Waals surface area contributed by atoms with E-state index in [9.17, 15) is 14.9 Å². The van der Waals surface area contributed by atoms with Gasteiger partial charge in [0.15, 0.2) is 18.3 Å². The predicted octanol–water partition coefficient (Wildman–Crippen LogP) is 1.28. The largest absolute Gasteiger partial charge is 0.493 e. The number of hydrogen-bond donors (Lipinski definition) is 1. The summed E-state index contributed by atoms with van der Waals surface area (Å²) >= 11 is 0. The fourth-order valence-electron chi connectivity index (χ4n) is 1.27. The molecule has 0 heterocycles. The summed E-state index contributed by atoms with van der Waals surface area (Å²) in [5, 5.41) is 19.6. The van der Waals surface area contributed by atoms with E-state index in [2.05, 4.69) is 4.74 Å². The van der Waals surface area contributed by atoms with Crippen LogP contribution in [-0.2, 0) is 4.74 Å². The summed E-state index contributed by atoms with van der Waals surface area (Å²) in [7, 11) is 2.68. The Morgan fingerprint density at radius 1 is 1.39 bits per heavy atom. The number of carbonyl (C=O) groups is 1. The molecule has 98 valence electrons. The Hall–Kier alpha value is -2.35. The molecule has 1 aromatic rings. The summed E-state index contributed by atoms with van der Waals surface area (Å²) in [5.41, 5.74) is -1.05. The van der Waals surface area contributed by atoms with Crippen LogP contribution in [0.2, 0.25) is 0 Å². The van der Waals surface area contributed by atoms with Crippen LogP contribution in [0.5, 0.6) is 11.5 Å². The van der Waals surface area contributed by atoms with E-state index >= 15 is 0 Å². The van der Waals surface area contributed by atoms with Gasteiger partial charge in [0.1, 0.15) is 5.56 Å². The molecule has 0 atom stereocenters. The molecule has 0 amide bonds. The molecule has 8 heteroatoms. The van der Waals surface area contributed by atoms with E-state index in [1.54, 1.807) is 0 Å². The molecule has 1 aromatic carbocycles. The molecular formula is C10H11NO7. The van der Waals surface area contributed by atoms with Crippen LogP contribution in [0.15, 0.2) is 12.1 Å². The molecule has 0 fully saturated rings. The van der Waals surface area contributed by atoms with Crippen LogP contribution in [0.4, 0.5) is 5.69 Å². The SMILES string of the molecule is COCOc1cc([N+](=O)[O-])c(C(=O)O)cc1OC. The fourth-order valence-corrected chi connectivity index (χ4v) is 1.27. The second-order valence-electron chi connectivity index (χ2n) is 3.13. The Morgan fingerprint density at radius 3 is 2.50 bits per heavy atom.